The van der Waals surface area contributed by atoms with E-state index in [0.29, 0.717) is 11.8 Å². The van der Waals surface area contributed by atoms with Crippen molar-refractivity contribution in [3.63, 3.8) is 0 Å². The van der Waals surface area contributed by atoms with Gasteiger partial charge < -0.3 is 14.7 Å². The van der Waals surface area contributed by atoms with Gasteiger partial charge in [-0.1, -0.05) is 23.8 Å². The average molecular weight is 566 g/mol. The van der Waals surface area contributed by atoms with Crippen LogP contribution in [0.3, 0.4) is 0 Å². The van der Waals surface area contributed by atoms with E-state index < -0.39 is 51.3 Å². The molecule has 0 radical (unpaired) electrons. The maximum absolute atomic E-state index is 13.6. The molecule has 1 aliphatic rings. The fraction of sp³-hybridized carbons (Fsp3) is 0.200. The molecular weight excluding hydrogens is 543 g/mol. The molecule has 1 heterocycles. The number of hydroxylamine groups is 1. The molecule has 0 bridgehead atoms. The lowest BCUT2D eigenvalue weighted by Crippen LogP contribution is -2.45. The first kappa shape index (κ1) is 27.6. The zero-order valence-corrected chi connectivity index (χ0v) is 21.0. The van der Waals surface area contributed by atoms with Gasteiger partial charge in [-0.05, 0) is 55.5 Å². The third-order valence-electron chi connectivity index (χ3n) is 5.61. The van der Waals surface area contributed by atoms with Crippen molar-refractivity contribution in [1.29, 1.82) is 0 Å². The van der Waals surface area contributed by atoms with Crippen LogP contribution in [0.2, 0.25) is 0 Å². The fourth-order valence-electron chi connectivity index (χ4n) is 3.78. The van der Waals surface area contributed by atoms with Gasteiger partial charge in [-0.2, -0.15) is 18.7 Å². The number of fused-ring (bicyclic) bond motifs is 1. The van der Waals surface area contributed by atoms with Gasteiger partial charge in [-0.15, -0.1) is 0 Å². The van der Waals surface area contributed by atoms with Gasteiger partial charge in [0, 0.05) is 5.69 Å². The highest BCUT2D eigenvalue weighted by atomic mass is 32.2. The van der Waals surface area contributed by atoms with Gasteiger partial charge in [0.25, 0.3) is 15.9 Å². The number of rotatable bonds is 7. The summed E-state index contributed by atoms with van der Waals surface area (Å²) in [5.41, 5.74) is 1.93. The predicted molar refractivity (Wildman–Crippen MR) is 133 cm³/mol. The fourth-order valence-corrected chi connectivity index (χ4v) is 5.32. The Morgan fingerprint density at radius 1 is 1.10 bits per heavy atom. The van der Waals surface area contributed by atoms with Gasteiger partial charge in [0.15, 0.2) is 5.75 Å². The summed E-state index contributed by atoms with van der Waals surface area (Å²) in [4.78, 5) is 28.2. The lowest BCUT2D eigenvalue weighted by molar-refractivity contribution is -0.137. The number of carbonyl (C=O) groups is 2. The number of ether oxygens (including phenoxy) is 1. The lowest BCUT2D eigenvalue weighted by atomic mass is 10.1. The predicted octanol–water partition coefficient (Wildman–Crippen LogP) is 4.56. The maximum atomic E-state index is 13.6. The standard InChI is InChI=1S/C25H22F3N3O7S/c1-15-5-8-18(9-6-15)38-30-23(32)13-19-14-31(21-12-17(29-24(33)34)7-10-22(21)37-19)39(35,36)20-4-2-3-16(11-20)25(26,27)28/h2-12,19,29H,13-14H2,1H3,(H,30,32)(H,33,34). The summed E-state index contributed by atoms with van der Waals surface area (Å²) in [7, 11) is -4.62. The number of benzene rings is 3. The summed E-state index contributed by atoms with van der Waals surface area (Å²) in [5, 5.41) is 11.1. The Hall–Kier alpha value is -4.46. The number of halogens is 3. The second-order valence-electron chi connectivity index (χ2n) is 8.56. The third kappa shape index (κ3) is 6.52. The Bertz CT molecular complexity index is 1500. The zero-order valence-electron chi connectivity index (χ0n) is 20.2. The summed E-state index contributed by atoms with van der Waals surface area (Å²) >= 11 is 0. The van der Waals surface area contributed by atoms with E-state index >= 15 is 0 Å². The van der Waals surface area contributed by atoms with Crippen LogP contribution >= 0.6 is 0 Å². The number of hydrogen-bond acceptors (Lipinski definition) is 6. The van der Waals surface area contributed by atoms with Crippen LogP contribution in [0.5, 0.6) is 11.5 Å². The molecular formula is C25H22F3N3O7S. The van der Waals surface area contributed by atoms with Crippen LogP contribution in [-0.2, 0) is 21.0 Å². The first-order valence-electron chi connectivity index (χ1n) is 11.4. The lowest BCUT2D eigenvalue weighted by Gasteiger charge is -2.35. The van der Waals surface area contributed by atoms with Crippen molar-refractivity contribution < 1.29 is 45.9 Å². The zero-order chi connectivity index (χ0) is 28.4. The first-order chi connectivity index (χ1) is 18.3. The topological polar surface area (TPSA) is 134 Å². The quantitative estimate of drug-likeness (QED) is 0.358. The van der Waals surface area contributed by atoms with Crippen LogP contribution in [0, 0.1) is 6.92 Å². The van der Waals surface area contributed by atoms with Gasteiger partial charge in [0.2, 0.25) is 0 Å². The molecule has 2 amide bonds. The number of sulfonamides is 1. The van der Waals surface area contributed by atoms with Crippen LogP contribution in [0.4, 0.5) is 29.3 Å². The van der Waals surface area contributed by atoms with Gasteiger partial charge in [-0.3, -0.25) is 14.4 Å². The molecule has 3 N–H and O–H groups in total. The molecule has 206 valence electrons. The minimum absolute atomic E-state index is 0.00298. The number of carbonyl (C=O) groups excluding carboxylic acids is 1. The SMILES string of the molecule is Cc1ccc(ONC(=O)CC2CN(S(=O)(=O)c3cccc(C(F)(F)F)c3)c3cc(NC(=O)O)ccc3O2)cc1. The van der Waals surface area contributed by atoms with Gasteiger partial charge in [-0.25, -0.2) is 13.2 Å². The minimum atomic E-state index is -4.79. The van der Waals surface area contributed by atoms with E-state index in [9.17, 15) is 31.2 Å². The Balaban J connectivity index is 1.62. The summed E-state index contributed by atoms with van der Waals surface area (Å²) < 4.78 is 73.6. The van der Waals surface area contributed by atoms with Crippen molar-refractivity contribution in [1.82, 2.24) is 5.48 Å². The van der Waals surface area contributed by atoms with Crippen molar-refractivity contribution in [2.24, 2.45) is 0 Å². The molecule has 39 heavy (non-hydrogen) atoms. The summed E-state index contributed by atoms with van der Waals surface area (Å²) in [6.07, 6.45) is -7.62. The number of anilines is 2. The van der Waals surface area contributed by atoms with Crippen molar-refractivity contribution in [2.45, 2.75) is 30.5 Å². The summed E-state index contributed by atoms with van der Waals surface area (Å²) in [6.45, 7) is 1.42. The average Bonchev–Trinajstić information content (AvgIpc) is 2.87. The van der Waals surface area contributed by atoms with E-state index in [1.165, 1.54) is 18.2 Å². The molecule has 1 aliphatic heterocycles. The normalized spacial score (nSPS) is 15.1. The molecule has 3 aromatic rings. The van der Waals surface area contributed by atoms with E-state index in [2.05, 4.69) is 10.8 Å². The van der Waals surface area contributed by atoms with Crippen LogP contribution in [0.15, 0.2) is 71.6 Å². The number of amides is 2. The number of aryl methyl sites for hydroxylation is 1. The van der Waals surface area contributed by atoms with Crippen molar-refractivity contribution in [2.75, 3.05) is 16.2 Å². The smallest absolute Gasteiger partial charge is 0.416 e. The molecule has 4 rings (SSSR count). The second kappa shape index (κ2) is 10.7. The van der Waals surface area contributed by atoms with Crippen molar-refractivity contribution in [3.05, 3.63) is 77.9 Å². The molecule has 14 heteroatoms. The van der Waals surface area contributed by atoms with E-state index in [0.717, 1.165) is 28.1 Å². The Morgan fingerprint density at radius 2 is 1.82 bits per heavy atom. The number of alkyl halides is 3. The van der Waals surface area contributed by atoms with E-state index in [4.69, 9.17) is 14.7 Å². The van der Waals surface area contributed by atoms with Crippen LogP contribution < -0.4 is 24.7 Å². The Kier molecular flexibility index (Phi) is 7.58. The number of hydrogen-bond donors (Lipinski definition) is 3. The highest BCUT2D eigenvalue weighted by Crippen LogP contribution is 2.40. The highest BCUT2D eigenvalue weighted by molar-refractivity contribution is 7.92. The van der Waals surface area contributed by atoms with Crippen LogP contribution in [-0.4, -0.2) is 38.2 Å². The van der Waals surface area contributed by atoms with Crippen molar-refractivity contribution >= 4 is 33.4 Å². The summed E-state index contributed by atoms with van der Waals surface area (Å²) in [5.74, 6) is -0.314. The minimum Gasteiger partial charge on any atom is -0.486 e. The summed E-state index contributed by atoms with van der Waals surface area (Å²) in [6, 6.07) is 13.8. The monoisotopic (exact) mass is 565 g/mol. The maximum Gasteiger partial charge on any atom is 0.416 e. The van der Waals surface area contributed by atoms with E-state index in [-0.39, 0.29) is 23.5 Å². The van der Waals surface area contributed by atoms with E-state index in [1.54, 1.807) is 24.3 Å². The second-order valence-corrected chi connectivity index (χ2v) is 10.4. The van der Waals surface area contributed by atoms with Crippen LogP contribution in [0.25, 0.3) is 0 Å². The Labute approximate surface area is 221 Å². The number of nitrogens with zero attached hydrogens (tertiary/aromatic N) is 1. The number of carboxylic acid groups (broad SMARTS) is 1. The molecule has 0 saturated carbocycles. The molecule has 0 aromatic heterocycles. The molecule has 0 fully saturated rings. The van der Waals surface area contributed by atoms with Gasteiger partial charge in [0.05, 0.1) is 29.1 Å². The molecule has 1 atom stereocenters. The van der Waals surface area contributed by atoms with E-state index in [1.807, 2.05) is 6.92 Å². The third-order valence-corrected chi connectivity index (χ3v) is 7.38. The number of nitrogens with one attached hydrogen (secondary N) is 2. The molecule has 3 aromatic carbocycles. The Morgan fingerprint density at radius 3 is 2.49 bits per heavy atom. The highest BCUT2D eigenvalue weighted by Gasteiger charge is 2.38. The molecule has 10 nitrogen and oxygen atoms in total. The molecule has 0 saturated heterocycles. The first-order valence-corrected chi connectivity index (χ1v) is 12.8. The van der Waals surface area contributed by atoms with Gasteiger partial charge >= 0.3 is 12.3 Å². The molecule has 0 spiro atoms. The molecule has 0 aliphatic carbocycles. The largest absolute Gasteiger partial charge is 0.486 e. The van der Waals surface area contributed by atoms with Crippen molar-refractivity contribution in [3.8, 4) is 11.5 Å². The van der Waals surface area contributed by atoms with Gasteiger partial charge in [0.1, 0.15) is 11.9 Å². The van der Waals surface area contributed by atoms with Crippen LogP contribution in [0.1, 0.15) is 17.5 Å². The molecule has 1 unspecified atom stereocenters.